The molecule has 1 aliphatic carbocycles. The van der Waals surface area contributed by atoms with Crippen LogP contribution in [0, 0.1) is 0 Å². The molecule has 4 rings (SSSR count). The van der Waals surface area contributed by atoms with E-state index in [2.05, 4.69) is 5.32 Å². The number of methoxy groups -OCH3 is 1. The van der Waals surface area contributed by atoms with Gasteiger partial charge >= 0.3 is 5.97 Å². The molecule has 29 heavy (non-hydrogen) atoms. The predicted molar refractivity (Wildman–Crippen MR) is 109 cm³/mol. The lowest BCUT2D eigenvalue weighted by Gasteiger charge is -2.36. The Labute approximate surface area is 169 Å². The van der Waals surface area contributed by atoms with Gasteiger partial charge in [-0.05, 0) is 42.5 Å². The summed E-state index contributed by atoms with van der Waals surface area (Å²) in [6, 6.07) is 16.7. The Hall–Kier alpha value is -3.34. The van der Waals surface area contributed by atoms with E-state index in [-0.39, 0.29) is 17.5 Å². The fourth-order valence-corrected chi connectivity index (χ4v) is 4.42. The van der Waals surface area contributed by atoms with Crippen LogP contribution in [0.2, 0.25) is 0 Å². The number of hydrogen-bond donors (Lipinski definition) is 2. The molecular weight excluding hydrogens is 366 g/mol. The molecule has 0 amide bonds. The first-order valence-electron chi connectivity index (χ1n) is 9.65. The Balaban J connectivity index is 1.82. The zero-order valence-electron chi connectivity index (χ0n) is 16.4. The molecule has 2 aromatic carbocycles. The summed E-state index contributed by atoms with van der Waals surface area (Å²) >= 11 is 0. The lowest BCUT2D eigenvalue weighted by molar-refractivity contribution is -0.136. The molecule has 0 bridgehead atoms. The smallest absolute Gasteiger partial charge is 0.336 e. The summed E-state index contributed by atoms with van der Waals surface area (Å²) in [5, 5.41) is 13.3. The van der Waals surface area contributed by atoms with Gasteiger partial charge in [-0.2, -0.15) is 0 Å². The number of nitrogens with one attached hydrogen (secondary N) is 1. The normalized spacial score (nSPS) is 21.5. The first-order valence-corrected chi connectivity index (χ1v) is 9.65. The largest absolute Gasteiger partial charge is 0.508 e. The standard InChI is InChI=1S/C24H23NO4/c1-14-21(24(28)29-2)22(16-9-6-10-18(26)11-16)23-19(25-14)12-17(13-20(23)27)15-7-4-3-5-8-15/h3-11,17,22,25-26H,12-13H2,1-2H3/t17-,22-/m0/s1. The Morgan fingerprint density at radius 2 is 1.79 bits per heavy atom. The second kappa shape index (κ2) is 7.59. The summed E-state index contributed by atoms with van der Waals surface area (Å²) in [4.78, 5) is 25.9. The quantitative estimate of drug-likeness (QED) is 0.778. The van der Waals surface area contributed by atoms with Crippen molar-refractivity contribution < 1.29 is 19.4 Å². The van der Waals surface area contributed by atoms with E-state index < -0.39 is 11.9 Å². The van der Waals surface area contributed by atoms with Crippen LogP contribution in [0.4, 0.5) is 0 Å². The fourth-order valence-electron chi connectivity index (χ4n) is 4.42. The number of ketones is 1. The number of aromatic hydroxyl groups is 1. The van der Waals surface area contributed by atoms with Gasteiger partial charge in [0.15, 0.2) is 5.78 Å². The maximum absolute atomic E-state index is 13.3. The van der Waals surface area contributed by atoms with E-state index in [0.29, 0.717) is 35.2 Å². The van der Waals surface area contributed by atoms with Gasteiger partial charge in [-0.25, -0.2) is 4.79 Å². The third-order valence-corrected chi connectivity index (χ3v) is 5.71. The van der Waals surface area contributed by atoms with Gasteiger partial charge in [-0.15, -0.1) is 0 Å². The summed E-state index contributed by atoms with van der Waals surface area (Å²) in [5.74, 6) is -0.847. The molecule has 5 heteroatoms. The van der Waals surface area contributed by atoms with Crippen molar-refractivity contribution in [3.63, 3.8) is 0 Å². The molecule has 0 aromatic heterocycles. The molecule has 2 N–H and O–H groups in total. The van der Waals surface area contributed by atoms with Crippen LogP contribution in [-0.2, 0) is 14.3 Å². The van der Waals surface area contributed by atoms with Crippen LogP contribution in [0.25, 0.3) is 0 Å². The van der Waals surface area contributed by atoms with Crippen molar-refractivity contribution in [2.75, 3.05) is 7.11 Å². The predicted octanol–water partition coefficient (Wildman–Crippen LogP) is 3.93. The number of ether oxygens (including phenoxy) is 1. The third-order valence-electron chi connectivity index (χ3n) is 5.71. The SMILES string of the molecule is COC(=O)C1=C(C)NC2=C(C(=O)C[C@@H](c3ccccc3)C2)[C@H]1c1cccc(O)c1. The monoisotopic (exact) mass is 389 g/mol. The summed E-state index contributed by atoms with van der Waals surface area (Å²) in [6.45, 7) is 1.82. The van der Waals surface area contributed by atoms with Gasteiger partial charge in [0.25, 0.3) is 0 Å². The van der Waals surface area contributed by atoms with Crippen molar-refractivity contribution in [3.8, 4) is 5.75 Å². The number of rotatable bonds is 3. The Kier molecular flexibility index (Phi) is 4.97. The minimum Gasteiger partial charge on any atom is -0.508 e. The second-order valence-corrected chi connectivity index (χ2v) is 7.51. The van der Waals surface area contributed by atoms with E-state index in [4.69, 9.17) is 4.74 Å². The molecule has 0 saturated heterocycles. The number of hydrogen-bond acceptors (Lipinski definition) is 5. The Morgan fingerprint density at radius 1 is 1.07 bits per heavy atom. The van der Waals surface area contributed by atoms with E-state index in [0.717, 1.165) is 11.3 Å². The maximum atomic E-state index is 13.3. The summed E-state index contributed by atoms with van der Waals surface area (Å²) < 4.78 is 5.01. The number of benzene rings is 2. The van der Waals surface area contributed by atoms with E-state index in [9.17, 15) is 14.7 Å². The molecule has 148 valence electrons. The van der Waals surface area contributed by atoms with Crippen LogP contribution in [0.15, 0.2) is 77.1 Å². The van der Waals surface area contributed by atoms with Crippen molar-refractivity contribution in [2.45, 2.75) is 31.6 Å². The molecular formula is C24H23NO4. The first-order chi connectivity index (χ1) is 14.0. The molecule has 2 aliphatic rings. The zero-order chi connectivity index (χ0) is 20.5. The summed E-state index contributed by atoms with van der Waals surface area (Å²) in [7, 11) is 1.33. The van der Waals surface area contributed by atoms with E-state index in [1.165, 1.54) is 7.11 Å². The minimum absolute atomic E-state index is 0.00912. The molecule has 5 nitrogen and oxygen atoms in total. The lowest BCUT2D eigenvalue weighted by Crippen LogP contribution is -2.36. The van der Waals surface area contributed by atoms with Gasteiger partial charge in [-0.1, -0.05) is 42.5 Å². The van der Waals surface area contributed by atoms with Crippen LogP contribution in [0.5, 0.6) is 5.75 Å². The van der Waals surface area contributed by atoms with Crippen LogP contribution < -0.4 is 5.32 Å². The van der Waals surface area contributed by atoms with E-state index in [1.54, 1.807) is 18.2 Å². The molecule has 1 heterocycles. The number of Topliss-reactive ketones (excluding diaryl/α,β-unsaturated/α-hetero) is 1. The number of carbonyl (C=O) groups is 2. The molecule has 0 unspecified atom stereocenters. The average Bonchev–Trinajstić information content (AvgIpc) is 2.72. The van der Waals surface area contributed by atoms with E-state index in [1.807, 2.05) is 43.3 Å². The summed E-state index contributed by atoms with van der Waals surface area (Å²) in [6.07, 6.45) is 1.07. The van der Waals surface area contributed by atoms with Crippen molar-refractivity contribution in [2.24, 2.45) is 0 Å². The second-order valence-electron chi connectivity index (χ2n) is 7.51. The van der Waals surface area contributed by atoms with Crippen molar-refractivity contribution in [1.29, 1.82) is 0 Å². The first kappa shape index (κ1) is 19.0. The van der Waals surface area contributed by atoms with Gasteiger partial charge in [-0.3, -0.25) is 4.79 Å². The molecule has 2 atom stereocenters. The van der Waals surface area contributed by atoms with Gasteiger partial charge in [0.2, 0.25) is 0 Å². The number of phenolic OH excluding ortho intramolecular Hbond substituents is 1. The Bertz CT molecular complexity index is 1040. The molecule has 0 radical (unpaired) electrons. The number of dihydropyridines is 1. The van der Waals surface area contributed by atoms with Crippen LogP contribution in [0.3, 0.4) is 0 Å². The van der Waals surface area contributed by atoms with Gasteiger partial charge in [0.1, 0.15) is 5.75 Å². The number of carbonyl (C=O) groups excluding carboxylic acids is 2. The van der Waals surface area contributed by atoms with Crippen LogP contribution >= 0.6 is 0 Å². The van der Waals surface area contributed by atoms with Crippen LogP contribution in [0.1, 0.15) is 42.7 Å². The highest BCUT2D eigenvalue weighted by Gasteiger charge is 2.41. The van der Waals surface area contributed by atoms with Gasteiger partial charge < -0.3 is 15.2 Å². The average molecular weight is 389 g/mol. The van der Waals surface area contributed by atoms with Crippen LogP contribution in [-0.4, -0.2) is 24.0 Å². The topological polar surface area (TPSA) is 75.6 Å². The lowest BCUT2D eigenvalue weighted by atomic mass is 9.71. The molecule has 2 aromatic rings. The molecule has 0 saturated carbocycles. The van der Waals surface area contributed by atoms with Crippen molar-refractivity contribution in [3.05, 3.63) is 88.3 Å². The Morgan fingerprint density at radius 3 is 2.48 bits per heavy atom. The molecule has 1 aliphatic heterocycles. The van der Waals surface area contributed by atoms with Crippen molar-refractivity contribution >= 4 is 11.8 Å². The van der Waals surface area contributed by atoms with Gasteiger partial charge in [0.05, 0.1) is 12.7 Å². The summed E-state index contributed by atoms with van der Waals surface area (Å²) in [5.41, 5.74) is 4.34. The number of allylic oxidation sites excluding steroid dienone is 3. The van der Waals surface area contributed by atoms with E-state index >= 15 is 0 Å². The highest BCUT2D eigenvalue weighted by Crippen LogP contribution is 2.46. The number of esters is 1. The van der Waals surface area contributed by atoms with Crippen molar-refractivity contribution in [1.82, 2.24) is 5.32 Å². The fraction of sp³-hybridized carbons (Fsp3) is 0.250. The highest BCUT2D eigenvalue weighted by atomic mass is 16.5. The highest BCUT2D eigenvalue weighted by molar-refractivity contribution is 6.04. The molecule has 0 spiro atoms. The van der Waals surface area contributed by atoms with Gasteiger partial charge in [0, 0.05) is 29.3 Å². The number of phenols is 1. The molecule has 0 fully saturated rings. The third kappa shape index (κ3) is 3.44. The minimum atomic E-state index is -0.560. The maximum Gasteiger partial charge on any atom is 0.336 e. The zero-order valence-corrected chi connectivity index (χ0v) is 16.4.